The van der Waals surface area contributed by atoms with Gasteiger partial charge in [-0.3, -0.25) is 0 Å². The summed E-state index contributed by atoms with van der Waals surface area (Å²) in [7, 11) is 1.66. The van der Waals surface area contributed by atoms with Gasteiger partial charge >= 0.3 is 0 Å². The van der Waals surface area contributed by atoms with Crippen molar-refractivity contribution in [3.63, 3.8) is 0 Å². The predicted molar refractivity (Wildman–Crippen MR) is 61.7 cm³/mol. The molecule has 0 aliphatic carbocycles. The van der Waals surface area contributed by atoms with Crippen LogP contribution < -0.4 is 0 Å². The van der Waals surface area contributed by atoms with E-state index < -0.39 is 0 Å². The summed E-state index contributed by atoms with van der Waals surface area (Å²) in [5.74, 6) is 0. The average Bonchev–Trinajstić information content (AvgIpc) is 2.29. The number of benzene rings is 1. The van der Waals surface area contributed by atoms with E-state index in [1.165, 1.54) is 5.56 Å². The topological polar surface area (TPSA) is 18.5 Å². The fourth-order valence-electron chi connectivity index (χ4n) is 1.38. The van der Waals surface area contributed by atoms with Crippen molar-refractivity contribution in [3.05, 3.63) is 48.6 Å². The maximum absolute atomic E-state index is 5.68. The Bertz CT molecular complexity index is 282. The van der Waals surface area contributed by atoms with Crippen LogP contribution in [0.3, 0.4) is 0 Å². The van der Waals surface area contributed by atoms with Gasteiger partial charge in [0.2, 0.25) is 0 Å². The van der Waals surface area contributed by atoms with Gasteiger partial charge in [-0.25, -0.2) is 0 Å². The molecule has 2 heteroatoms. The van der Waals surface area contributed by atoms with E-state index in [9.17, 15) is 0 Å². The molecule has 0 aliphatic heterocycles. The Balaban J connectivity index is 2.40. The van der Waals surface area contributed by atoms with E-state index in [-0.39, 0.29) is 12.2 Å². The van der Waals surface area contributed by atoms with Crippen molar-refractivity contribution < 1.29 is 9.47 Å². The van der Waals surface area contributed by atoms with E-state index in [1.807, 2.05) is 37.3 Å². The summed E-state index contributed by atoms with van der Waals surface area (Å²) < 4.78 is 10.9. The van der Waals surface area contributed by atoms with E-state index in [4.69, 9.17) is 9.47 Å². The molecular weight excluding hydrogens is 188 g/mol. The quantitative estimate of drug-likeness (QED) is 0.666. The Hall–Kier alpha value is -1.12. The fourth-order valence-corrected chi connectivity index (χ4v) is 1.38. The molecular formula is C13H18O2. The van der Waals surface area contributed by atoms with Crippen molar-refractivity contribution in [2.75, 3.05) is 7.11 Å². The van der Waals surface area contributed by atoms with Crippen LogP contribution in [0.1, 0.15) is 12.5 Å². The van der Waals surface area contributed by atoms with Gasteiger partial charge in [0, 0.05) is 7.11 Å². The van der Waals surface area contributed by atoms with Crippen molar-refractivity contribution in [2.24, 2.45) is 0 Å². The van der Waals surface area contributed by atoms with Gasteiger partial charge in [0.1, 0.15) is 6.10 Å². The van der Waals surface area contributed by atoms with Gasteiger partial charge < -0.3 is 9.47 Å². The Labute approximate surface area is 91.5 Å². The molecule has 0 aliphatic rings. The van der Waals surface area contributed by atoms with E-state index >= 15 is 0 Å². The third-order valence-electron chi connectivity index (χ3n) is 2.32. The lowest BCUT2D eigenvalue weighted by Gasteiger charge is -2.19. The number of methoxy groups -OCH3 is 1. The molecule has 0 bridgehead atoms. The first-order valence-electron chi connectivity index (χ1n) is 5.08. The summed E-state index contributed by atoms with van der Waals surface area (Å²) in [6.07, 6.45) is 1.73. The smallest absolute Gasteiger partial charge is 0.101 e. The molecule has 2 unspecified atom stereocenters. The standard InChI is InChI=1S/C13H18O2/c1-4-13(14-3)11(2)15-10-12-8-6-5-7-9-12/h4-9,11,13H,1,10H2,2-3H3. The number of ether oxygens (including phenoxy) is 2. The van der Waals surface area contributed by atoms with Gasteiger partial charge in [-0.2, -0.15) is 0 Å². The van der Waals surface area contributed by atoms with Crippen LogP contribution in [0.2, 0.25) is 0 Å². The van der Waals surface area contributed by atoms with Gasteiger partial charge in [0.15, 0.2) is 0 Å². The van der Waals surface area contributed by atoms with E-state index in [2.05, 4.69) is 6.58 Å². The van der Waals surface area contributed by atoms with Crippen LogP contribution in [0.25, 0.3) is 0 Å². The van der Waals surface area contributed by atoms with Gasteiger partial charge in [-0.15, -0.1) is 6.58 Å². The largest absolute Gasteiger partial charge is 0.375 e. The summed E-state index contributed by atoms with van der Waals surface area (Å²) in [5, 5.41) is 0. The number of hydrogen-bond donors (Lipinski definition) is 0. The Kier molecular flexibility index (Phi) is 5.08. The maximum atomic E-state index is 5.68. The zero-order valence-electron chi connectivity index (χ0n) is 9.35. The molecule has 1 aromatic carbocycles. The lowest BCUT2D eigenvalue weighted by molar-refractivity contribution is -0.0329. The molecule has 0 saturated carbocycles. The Morgan fingerprint density at radius 3 is 2.53 bits per heavy atom. The molecule has 0 spiro atoms. The molecule has 1 rings (SSSR count). The van der Waals surface area contributed by atoms with Gasteiger partial charge in [0.25, 0.3) is 0 Å². The monoisotopic (exact) mass is 206 g/mol. The van der Waals surface area contributed by atoms with Crippen LogP contribution in [0.15, 0.2) is 43.0 Å². The summed E-state index contributed by atoms with van der Waals surface area (Å²) in [6.45, 7) is 6.29. The lowest BCUT2D eigenvalue weighted by Crippen LogP contribution is -2.25. The second-order valence-corrected chi connectivity index (χ2v) is 3.44. The summed E-state index contributed by atoms with van der Waals surface area (Å²) in [5.41, 5.74) is 1.17. The van der Waals surface area contributed by atoms with E-state index in [1.54, 1.807) is 13.2 Å². The number of rotatable bonds is 6. The van der Waals surface area contributed by atoms with Crippen molar-refractivity contribution in [3.8, 4) is 0 Å². The normalized spacial score (nSPS) is 14.5. The highest BCUT2D eigenvalue weighted by atomic mass is 16.5. The third-order valence-corrected chi connectivity index (χ3v) is 2.32. The average molecular weight is 206 g/mol. The SMILES string of the molecule is C=CC(OC)C(C)OCc1ccccc1. The minimum absolute atomic E-state index is 0.0210. The van der Waals surface area contributed by atoms with E-state index in [0.717, 1.165) is 0 Å². The molecule has 82 valence electrons. The van der Waals surface area contributed by atoms with Crippen molar-refractivity contribution >= 4 is 0 Å². The first-order chi connectivity index (χ1) is 7.27. The van der Waals surface area contributed by atoms with Gasteiger partial charge in [-0.05, 0) is 12.5 Å². The maximum Gasteiger partial charge on any atom is 0.101 e. The molecule has 0 fully saturated rings. The van der Waals surface area contributed by atoms with Crippen LogP contribution in [-0.2, 0) is 16.1 Å². The van der Waals surface area contributed by atoms with Crippen LogP contribution in [-0.4, -0.2) is 19.3 Å². The molecule has 0 radical (unpaired) electrons. The Morgan fingerprint density at radius 2 is 2.00 bits per heavy atom. The van der Waals surface area contributed by atoms with Gasteiger partial charge in [-0.1, -0.05) is 36.4 Å². The first-order valence-corrected chi connectivity index (χ1v) is 5.08. The zero-order chi connectivity index (χ0) is 11.1. The minimum Gasteiger partial charge on any atom is -0.375 e. The third kappa shape index (κ3) is 3.86. The molecule has 0 saturated heterocycles. The summed E-state index contributed by atoms with van der Waals surface area (Å²) >= 11 is 0. The molecule has 1 aromatic rings. The van der Waals surface area contributed by atoms with E-state index in [0.29, 0.717) is 6.61 Å². The van der Waals surface area contributed by atoms with Crippen molar-refractivity contribution in [1.82, 2.24) is 0 Å². The second-order valence-electron chi connectivity index (χ2n) is 3.44. The first kappa shape index (κ1) is 12.0. The Morgan fingerprint density at radius 1 is 1.33 bits per heavy atom. The van der Waals surface area contributed by atoms with Crippen LogP contribution >= 0.6 is 0 Å². The molecule has 0 heterocycles. The lowest BCUT2D eigenvalue weighted by atomic mass is 10.2. The zero-order valence-corrected chi connectivity index (χ0v) is 9.35. The predicted octanol–water partition coefficient (Wildman–Crippen LogP) is 2.79. The molecule has 15 heavy (non-hydrogen) atoms. The number of hydrogen-bond acceptors (Lipinski definition) is 2. The fraction of sp³-hybridized carbons (Fsp3) is 0.385. The minimum atomic E-state index is -0.0475. The van der Waals surface area contributed by atoms with Crippen LogP contribution in [0.4, 0.5) is 0 Å². The van der Waals surface area contributed by atoms with Crippen LogP contribution in [0.5, 0.6) is 0 Å². The highest BCUT2D eigenvalue weighted by Crippen LogP contribution is 2.08. The molecule has 0 aromatic heterocycles. The molecule has 0 amide bonds. The molecule has 0 N–H and O–H groups in total. The van der Waals surface area contributed by atoms with Crippen LogP contribution in [0, 0.1) is 0 Å². The summed E-state index contributed by atoms with van der Waals surface area (Å²) in [4.78, 5) is 0. The highest BCUT2D eigenvalue weighted by Gasteiger charge is 2.12. The van der Waals surface area contributed by atoms with Crippen molar-refractivity contribution in [2.45, 2.75) is 25.7 Å². The summed E-state index contributed by atoms with van der Waals surface area (Å²) in [6, 6.07) is 10.1. The van der Waals surface area contributed by atoms with Gasteiger partial charge in [0.05, 0.1) is 12.7 Å². The highest BCUT2D eigenvalue weighted by molar-refractivity contribution is 5.13. The second kappa shape index (κ2) is 6.38. The molecule has 2 nitrogen and oxygen atoms in total. The van der Waals surface area contributed by atoms with Crippen molar-refractivity contribution in [1.29, 1.82) is 0 Å². The molecule has 2 atom stereocenters.